The van der Waals surface area contributed by atoms with Crippen molar-refractivity contribution in [1.29, 1.82) is 0 Å². The molecule has 0 bridgehead atoms. The zero-order chi connectivity index (χ0) is 22.7. The fraction of sp³-hybridized carbons (Fsp3) is 0.542. The maximum absolute atomic E-state index is 12.8. The summed E-state index contributed by atoms with van der Waals surface area (Å²) in [6.07, 6.45) is 5.07. The van der Waals surface area contributed by atoms with E-state index in [1.165, 1.54) is 0 Å². The summed E-state index contributed by atoms with van der Waals surface area (Å²) in [6, 6.07) is 5.75. The number of carbonyl (C=O) groups is 1. The first-order valence-electron chi connectivity index (χ1n) is 11.2. The second-order valence-corrected chi connectivity index (χ2v) is 8.50. The second kappa shape index (κ2) is 9.73. The van der Waals surface area contributed by atoms with Gasteiger partial charge in [-0.2, -0.15) is 0 Å². The lowest BCUT2D eigenvalue weighted by atomic mass is 9.88. The zero-order valence-electron chi connectivity index (χ0n) is 19.3. The predicted molar refractivity (Wildman–Crippen MR) is 122 cm³/mol. The van der Waals surface area contributed by atoms with Crippen molar-refractivity contribution in [2.75, 3.05) is 52.9 Å². The summed E-state index contributed by atoms with van der Waals surface area (Å²) in [7, 11) is 7.18. The van der Waals surface area contributed by atoms with Crippen molar-refractivity contribution in [2.45, 2.75) is 37.7 Å². The number of likely N-dealkylation sites (tertiary alicyclic amines) is 1. The van der Waals surface area contributed by atoms with Crippen molar-refractivity contribution in [2.24, 2.45) is 0 Å². The van der Waals surface area contributed by atoms with Gasteiger partial charge >= 0.3 is 0 Å². The molecule has 0 saturated carbocycles. The first-order chi connectivity index (χ1) is 15.5. The Morgan fingerprint density at radius 3 is 2.38 bits per heavy atom. The average molecular weight is 441 g/mol. The lowest BCUT2D eigenvalue weighted by Crippen LogP contribution is -2.43. The van der Waals surface area contributed by atoms with Crippen LogP contribution in [0.1, 0.15) is 37.3 Å². The summed E-state index contributed by atoms with van der Waals surface area (Å²) in [4.78, 5) is 26.2. The molecule has 1 amide bonds. The monoisotopic (exact) mass is 440 g/mol. The summed E-state index contributed by atoms with van der Waals surface area (Å²) in [5, 5.41) is 0. The Kier molecular flexibility index (Phi) is 6.79. The number of ether oxygens (including phenoxy) is 3. The van der Waals surface area contributed by atoms with Gasteiger partial charge in [0.2, 0.25) is 5.95 Å². The number of nitrogens with zero attached hydrogens (tertiary/aromatic N) is 4. The van der Waals surface area contributed by atoms with Crippen LogP contribution < -0.4 is 14.4 Å². The van der Waals surface area contributed by atoms with E-state index in [4.69, 9.17) is 19.2 Å². The number of methoxy groups -OCH3 is 2. The molecule has 2 aliphatic rings. The Balaban J connectivity index is 1.65. The van der Waals surface area contributed by atoms with E-state index < -0.39 is 0 Å². The zero-order valence-corrected chi connectivity index (χ0v) is 19.3. The molecule has 2 fully saturated rings. The smallest absolute Gasteiger partial charge is 0.251 e. The Hall–Kier alpha value is -2.87. The topological polar surface area (TPSA) is 77.0 Å². The van der Waals surface area contributed by atoms with Crippen molar-refractivity contribution in [1.82, 2.24) is 14.9 Å². The minimum atomic E-state index is -0.264. The van der Waals surface area contributed by atoms with Crippen LogP contribution in [0.15, 0.2) is 24.4 Å². The van der Waals surface area contributed by atoms with Crippen LogP contribution in [-0.2, 0) is 9.53 Å². The van der Waals surface area contributed by atoms with Crippen molar-refractivity contribution in [3.05, 3.63) is 30.1 Å². The normalized spacial score (nSPS) is 19.1. The van der Waals surface area contributed by atoms with Crippen LogP contribution in [0, 0.1) is 0 Å². The molecule has 1 aromatic carbocycles. The molecule has 0 spiro atoms. The molecule has 0 radical (unpaired) electrons. The molecule has 3 heterocycles. The molecule has 4 rings (SSSR count). The van der Waals surface area contributed by atoms with Crippen LogP contribution in [0.5, 0.6) is 11.5 Å². The molecule has 2 saturated heterocycles. The number of hydrogen-bond donors (Lipinski definition) is 0. The predicted octanol–water partition coefficient (Wildman–Crippen LogP) is 3.11. The molecule has 1 aromatic heterocycles. The van der Waals surface area contributed by atoms with Gasteiger partial charge in [-0.3, -0.25) is 4.79 Å². The highest BCUT2D eigenvalue weighted by Crippen LogP contribution is 2.43. The Bertz CT molecular complexity index is 929. The average Bonchev–Trinajstić information content (AvgIpc) is 3.37. The van der Waals surface area contributed by atoms with Crippen molar-refractivity contribution in [3.63, 3.8) is 0 Å². The quantitative estimate of drug-likeness (QED) is 0.683. The van der Waals surface area contributed by atoms with E-state index in [0.29, 0.717) is 25.6 Å². The molecule has 172 valence electrons. The second-order valence-electron chi connectivity index (χ2n) is 8.50. The molecule has 0 aliphatic carbocycles. The van der Waals surface area contributed by atoms with Gasteiger partial charge in [0.15, 0.2) is 0 Å². The van der Waals surface area contributed by atoms with Gasteiger partial charge in [0.1, 0.15) is 17.6 Å². The van der Waals surface area contributed by atoms with E-state index in [0.717, 1.165) is 54.0 Å². The Morgan fingerprint density at radius 1 is 1.12 bits per heavy atom. The third kappa shape index (κ3) is 4.37. The third-order valence-electron chi connectivity index (χ3n) is 6.30. The van der Waals surface area contributed by atoms with Crippen LogP contribution in [0.4, 0.5) is 5.95 Å². The van der Waals surface area contributed by atoms with Crippen LogP contribution in [-0.4, -0.2) is 74.9 Å². The van der Waals surface area contributed by atoms with Crippen LogP contribution in [0.3, 0.4) is 0 Å². The number of piperidine rings is 1. The van der Waals surface area contributed by atoms with E-state index in [2.05, 4.69) is 4.98 Å². The van der Waals surface area contributed by atoms with Crippen molar-refractivity contribution >= 4 is 11.9 Å². The van der Waals surface area contributed by atoms with Gasteiger partial charge in [-0.05, 0) is 37.8 Å². The molecule has 2 aliphatic heterocycles. The number of anilines is 1. The van der Waals surface area contributed by atoms with E-state index >= 15 is 0 Å². The SMILES string of the molecule is COc1cccc(OC)c1-c1cnc(N(C)C)nc1C1CCN(C(=O)C2CCCO2)CC1. The number of rotatable bonds is 6. The lowest BCUT2D eigenvalue weighted by molar-refractivity contribution is -0.142. The largest absolute Gasteiger partial charge is 0.496 e. The maximum atomic E-state index is 12.8. The fourth-order valence-corrected chi connectivity index (χ4v) is 4.57. The highest BCUT2D eigenvalue weighted by Gasteiger charge is 2.33. The molecule has 8 heteroatoms. The van der Waals surface area contributed by atoms with E-state index in [1.54, 1.807) is 14.2 Å². The van der Waals surface area contributed by atoms with E-state index in [1.807, 2.05) is 48.3 Å². The van der Waals surface area contributed by atoms with Crippen LogP contribution in [0.25, 0.3) is 11.1 Å². The maximum Gasteiger partial charge on any atom is 0.251 e. The number of aromatic nitrogens is 2. The van der Waals surface area contributed by atoms with Gasteiger partial charge in [-0.1, -0.05) is 6.07 Å². The number of hydrogen-bond acceptors (Lipinski definition) is 7. The minimum Gasteiger partial charge on any atom is -0.496 e. The van der Waals surface area contributed by atoms with Gasteiger partial charge in [0, 0.05) is 51.5 Å². The van der Waals surface area contributed by atoms with Gasteiger partial charge in [0.25, 0.3) is 5.91 Å². The summed E-state index contributed by atoms with van der Waals surface area (Å²) >= 11 is 0. The summed E-state index contributed by atoms with van der Waals surface area (Å²) < 4.78 is 16.9. The fourth-order valence-electron chi connectivity index (χ4n) is 4.57. The molecule has 1 atom stereocenters. The van der Waals surface area contributed by atoms with Gasteiger partial charge < -0.3 is 24.0 Å². The van der Waals surface area contributed by atoms with Gasteiger partial charge in [-0.25, -0.2) is 9.97 Å². The van der Waals surface area contributed by atoms with Crippen LogP contribution >= 0.6 is 0 Å². The minimum absolute atomic E-state index is 0.129. The first kappa shape index (κ1) is 22.3. The Labute approximate surface area is 189 Å². The highest BCUT2D eigenvalue weighted by atomic mass is 16.5. The number of benzene rings is 1. The lowest BCUT2D eigenvalue weighted by Gasteiger charge is -2.34. The van der Waals surface area contributed by atoms with Crippen LogP contribution in [0.2, 0.25) is 0 Å². The van der Waals surface area contributed by atoms with Gasteiger partial charge in [0.05, 0.1) is 25.5 Å². The molecular formula is C24H32N4O4. The van der Waals surface area contributed by atoms with E-state index in [9.17, 15) is 4.79 Å². The highest BCUT2D eigenvalue weighted by molar-refractivity contribution is 5.81. The molecule has 8 nitrogen and oxygen atoms in total. The molecule has 2 aromatic rings. The summed E-state index contributed by atoms with van der Waals surface area (Å²) in [5.41, 5.74) is 2.74. The first-order valence-corrected chi connectivity index (χ1v) is 11.2. The van der Waals surface area contributed by atoms with E-state index in [-0.39, 0.29) is 17.9 Å². The number of amides is 1. The third-order valence-corrected chi connectivity index (χ3v) is 6.30. The van der Waals surface area contributed by atoms with Crippen molar-refractivity contribution < 1.29 is 19.0 Å². The number of carbonyl (C=O) groups excluding carboxylic acids is 1. The molecule has 0 N–H and O–H groups in total. The van der Waals surface area contributed by atoms with Gasteiger partial charge in [-0.15, -0.1) is 0 Å². The Morgan fingerprint density at radius 2 is 1.81 bits per heavy atom. The standard InChI is InChI=1S/C24H32N4O4/c1-27(2)24-25-15-17(21-18(30-3)7-5-8-19(21)31-4)22(26-24)16-10-12-28(13-11-16)23(29)20-9-6-14-32-20/h5,7-8,15-16,20H,6,9-14H2,1-4H3. The van der Waals surface area contributed by atoms with Crippen molar-refractivity contribution in [3.8, 4) is 22.6 Å². The summed E-state index contributed by atoms with van der Waals surface area (Å²) in [6.45, 7) is 2.09. The molecular weight excluding hydrogens is 408 g/mol. The summed E-state index contributed by atoms with van der Waals surface area (Å²) in [5.74, 6) is 2.44. The molecule has 32 heavy (non-hydrogen) atoms. The molecule has 1 unspecified atom stereocenters.